The van der Waals surface area contributed by atoms with Gasteiger partial charge in [-0.25, -0.2) is 0 Å². The first-order valence-corrected chi connectivity index (χ1v) is 9.30. The van der Waals surface area contributed by atoms with Crippen molar-refractivity contribution in [2.45, 2.75) is 18.9 Å². The van der Waals surface area contributed by atoms with Gasteiger partial charge in [0.1, 0.15) is 0 Å². The molecular formula is C21H26N4O2. The lowest BCUT2D eigenvalue weighted by atomic mass is 10.1. The van der Waals surface area contributed by atoms with Gasteiger partial charge in [0.25, 0.3) is 11.8 Å². The van der Waals surface area contributed by atoms with Gasteiger partial charge in [0, 0.05) is 44.2 Å². The summed E-state index contributed by atoms with van der Waals surface area (Å²) in [6.07, 6.45) is 5.99. The minimum Gasteiger partial charge on any atom is -0.350 e. The number of aromatic nitrogens is 1. The van der Waals surface area contributed by atoms with Crippen LogP contribution in [0.1, 0.15) is 45.2 Å². The Bertz CT molecular complexity index is 786. The SMILES string of the molecule is CN(C)C(=O)c1cccc(C(=O)NCC(c2cccnc2)N2CCCC2)c1. The van der Waals surface area contributed by atoms with Crippen LogP contribution in [-0.2, 0) is 0 Å². The van der Waals surface area contributed by atoms with Gasteiger partial charge >= 0.3 is 0 Å². The summed E-state index contributed by atoms with van der Waals surface area (Å²) >= 11 is 0. The highest BCUT2D eigenvalue weighted by Crippen LogP contribution is 2.24. The van der Waals surface area contributed by atoms with Gasteiger partial charge in [-0.1, -0.05) is 12.1 Å². The molecule has 1 unspecified atom stereocenters. The highest BCUT2D eigenvalue weighted by Gasteiger charge is 2.24. The number of nitrogens with zero attached hydrogens (tertiary/aromatic N) is 3. The van der Waals surface area contributed by atoms with E-state index in [0.717, 1.165) is 18.7 Å². The highest BCUT2D eigenvalue weighted by molar-refractivity contribution is 5.99. The first kappa shape index (κ1) is 19.0. The van der Waals surface area contributed by atoms with E-state index in [-0.39, 0.29) is 17.9 Å². The van der Waals surface area contributed by atoms with Crippen molar-refractivity contribution in [3.63, 3.8) is 0 Å². The van der Waals surface area contributed by atoms with E-state index in [1.807, 2.05) is 12.3 Å². The van der Waals surface area contributed by atoms with Gasteiger partial charge in [-0.05, 0) is 55.8 Å². The Labute approximate surface area is 160 Å². The minimum absolute atomic E-state index is 0.108. The molecule has 6 nitrogen and oxygen atoms in total. The molecule has 2 amide bonds. The maximum absolute atomic E-state index is 12.7. The number of pyridine rings is 1. The Balaban J connectivity index is 1.71. The zero-order valence-electron chi connectivity index (χ0n) is 15.9. The summed E-state index contributed by atoms with van der Waals surface area (Å²) in [5, 5.41) is 3.04. The lowest BCUT2D eigenvalue weighted by Crippen LogP contribution is -2.37. The number of carbonyl (C=O) groups excluding carboxylic acids is 2. The van der Waals surface area contributed by atoms with Crippen LogP contribution in [0.25, 0.3) is 0 Å². The molecule has 142 valence electrons. The highest BCUT2D eigenvalue weighted by atomic mass is 16.2. The molecule has 1 atom stereocenters. The summed E-state index contributed by atoms with van der Waals surface area (Å²) in [7, 11) is 3.40. The minimum atomic E-state index is -0.170. The predicted octanol–water partition coefficient (Wildman–Crippen LogP) is 2.35. The van der Waals surface area contributed by atoms with Crippen molar-refractivity contribution in [3.8, 4) is 0 Å². The Hall–Kier alpha value is -2.73. The number of amides is 2. The fourth-order valence-corrected chi connectivity index (χ4v) is 3.43. The summed E-state index contributed by atoms with van der Waals surface area (Å²) in [5.41, 5.74) is 2.11. The van der Waals surface area contributed by atoms with Crippen LogP contribution in [0, 0.1) is 0 Å². The monoisotopic (exact) mass is 366 g/mol. The van der Waals surface area contributed by atoms with Crippen LogP contribution < -0.4 is 5.32 Å². The van der Waals surface area contributed by atoms with Crippen molar-refractivity contribution in [1.82, 2.24) is 20.1 Å². The first-order valence-electron chi connectivity index (χ1n) is 9.30. The Morgan fingerprint density at radius 2 is 1.89 bits per heavy atom. The van der Waals surface area contributed by atoms with Gasteiger partial charge < -0.3 is 10.2 Å². The molecule has 2 heterocycles. The van der Waals surface area contributed by atoms with Crippen molar-refractivity contribution in [2.75, 3.05) is 33.7 Å². The topological polar surface area (TPSA) is 65.5 Å². The van der Waals surface area contributed by atoms with E-state index in [0.29, 0.717) is 17.7 Å². The predicted molar refractivity (Wildman–Crippen MR) is 105 cm³/mol. The normalized spacial score (nSPS) is 15.3. The molecular weight excluding hydrogens is 340 g/mol. The second-order valence-corrected chi connectivity index (χ2v) is 7.04. The third-order valence-electron chi connectivity index (χ3n) is 4.88. The van der Waals surface area contributed by atoms with Crippen LogP contribution in [0.4, 0.5) is 0 Å². The molecule has 1 aromatic heterocycles. The fourth-order valence-electron chi connectivity index (χ4n) is 3.43. The molecule has 0 saturated carbocycles. The van der Waals surface area contributed by atoms with Crippen molar-refractivity contribution in [3.05, 3.63) is 65.5 Å². The summed E-state index contributed by atoms with van der Waals surface area (Å²) in [5.74, 6) is -0.286. The van der Waals surface area contributed by atoms with E-state index in [1.54, 1.807) is 44.6 Å². The second kappa shape index (κ2) is 8.77. The van der Waals surface area contributed by atoms with Crippen molar-refractivity contribution in [1.29, 1.82) is 0 Å². The van der Waals surface area contributed by atoms with Crippen LogP contribution in [0.3, 0.4) is 0 Å². The number of hydrogen-bond acceptors (Lipinski definition) is 4. The van der Waals surface area contributed by atoms with Gasteiger partial charge in [-0.2, -0.15) is 0 Å². The van der Waals surface area contributed by atoms with Crippen LogP contribution in [0.15, 0.2) is 48.8 Å². The van der Waals surface area contributed by atoms with E-state index >= 15 is 0 Å². The molecule has 6 heteroatoms. The molecule has 1 aliphatic rings. The molecule has 1 aromatic carbocycles. The third kappa shape index (κ3) is 4.71. The molecule has 27 heavy (non-hydrogen) atoms. The molecule has 0 radical (unpaired) electrons. The molecule has 0 spiro atoms. The lowest BCUT2D eigenvalue weighted by molar-refractivity contribution is 0.0827. The average Bonchev–Trinajstić information content (AvgIpc) is 3.22. The number of rotatable bonds is 6. The third-order valence-corrected chi connectivity index (χ3v) is 4.88. The summed E-state index contributed by atoms with van der Waals surface area (Å²) in [6, 6.07) is 10.9. The van der Waals surface area contributed by atoms with Gasteiger partial charge in [0.05, 0.1) is 6.04 Å². The van der Waals surface area contributed by atoms with Crippen molar-refractivity contribution < 1.29 is 9.59 Å². The number of hydrogen-bond donors (Lipinski definition) is 1. The van der Waals surface area contributed by atoms with E-state index in [1.165, 1.54) is 17.7 Å². The standard InChI is InChI=1S/C21H26N4O2/c1-24(2)21(27)17-8-5-7-16(13-17)20(26)23-15-19(25-11-3-4-12-25)18-9-6-10-22-14-18/h5-10,13-14,19H,3-4,11-12,15H2,1-2H3,(H,23,26). The molecule has 3 rings (SSSR count). The lowest BCUT2D eigenvalue weighted by Gasteiger charge is -2.28. The Morgan fingerprint density at radius 3 is 2.56 bits per heavy atom. The van der Waals surface area contributed by atoms with Gasteiger partial charge in [-0.15, -0.1) is 0 Å². The van der Waals surface area contributed by atoms with Crippen LogP contribution in [0.5, 0.6) is 0 Å². The Kier molecular flexibility index (Phi) is 6.19. The second-order valence-electron chi connectivity index (χ2n) is 7.04. The number of benzene rings is 1. The van der Waals surface area contributed by atoms with E-state index < -0.39 is 0 Å². The average molecular weight is 366 g/mol. The maximum atomic E-state index is 12.7. The molecule has 2 aromatic rings. The van der Waals surface area contributed by atoms with Gasteiger partial charge in [-0.3, -0.25) is 19.5 Å². The summed E-state index contributed by atoms with van der Waals surface area (Å²) < 4.78 is 0. The first-order chi connectivity index (χ1) is 13.1. The summed E-state index contributed by atoms with van der Waals surface area (Å²) in [6.45, 7) is 2.57. The zero-order valence-corrected chi connectivity index (χ0v) is 15.9. The van der Waals surface area contributed by atoms with Gasteiger partial charge in [0.2, 0.25) is 0 Å². The molecule has 1 aliphatic heterocycles. The summed E-state index contributed by atoms with van der Waals surface area (Å²) in [4.78, 5) is 32.9. The molecule has 1 N–H and O–H groups in total. The smallest absolute Gasteiger partial charge is 0.253 e. The number of carbonyl (C=O) groups is 2. The maximum Gasteiger partial charge on any atom is 0.253 e. The van der Waals surface area contributed by atoms with Crippen LogP contribution in [0.2, 0.25) is 0 Å². The quantitative estimate of drug-likeness (QED) is 0.852. The zero-order chi connectivity index (χ0) is 19.2. The molecule has 1 fully saturated rings. The fraction of sp³-hybridized carbons (Fsp3) is 0.381. The van der Waals surface area contributed by atoms with Crippen molar-refractivity contribution >= 4 is 11.8 Å². The van der Waals surface area contributed by atoms with Gasteiger partial charge in [0.15, 0.2) is 0 Å². The van der Waals surface area contributed by atoms with Crippen LogP contribution >= 0.6 is 0 Å². The number of nitrogens with one attached hydrogen (secondary N) is 1. The molecule has 0 bridgehead atoms. The van der Waals surface area contributed by atoms with E-state index in [9.17, 15) is 9.59 Å². The van der Waals surface area contributed by atoms with Crippen molar-refractivity contribution in [2.24, 2.45) is 0 Å². The van der Waals surface area contributed by atoms with Crippen LogP contribution in [-0.4, -0.2) is 60.3 Å². The Morgan fingerprint density at radius 1 is 1.15 bits per heavy atom. The van der Waals surface area contributed by atoms with E-state index in [4.69, 9.17) is 0 Å². The van der Waals surface area contributed by atoms with E-state index in [2.05, 4.69) is 21.3 Å². The molecule has 0 aliphatic carbocycles. The molecule has 1 saturated heterocycles. The number of likely N-dealkylation sites (tertiary alicyclic amines) is 1. The largest absolute Gasteiger partial charge is 0.350 e.